The number of benzene rings is 2. The summed E-state index contributed by atoms with van der Waals surface area (Å²) in [6.45, 7) is 10.7. The van der Waals surface area contributed by atoms with Crippen molar-refractivity contribution in [1.29, 1.82) is 0 Å². The number of para-hydroxylation sites is 1. The largest absolute Gasteiger partial charge is 0.481 e. The number of ether oxygens (including phenoxy) is 1. The molecule has 0 radical (unpaired) electrons. The molecular weight excluding hydrogens is 340 g/mol. The number of rotatable bonds is 7. The van der Waals surface area contributed by atoms with E-state index in [1.54, 1.807) is 36.1 Å². The zero-order valence-corrected chi connectivity index (χ0v) is 16.7. The Labute approximate surface area is 161 Å². The molecule has 0 spiro atoms. The predicted octanol–water partition coefficient (Wildman–Crippen LogP) is 4.19. The number of hydrogen-bond acceptors (Lipinski definition) is 3. The van der Waals surface area contributed by atoms with Gasteiger partial charge in [0.1, 0.15) is 5.75 Å². The van der Waals surface area contributed by atoms with Gasteiger partial charge in [0.2, 0.25) is 0 Å². The van der Waals surface area contributed by atoms with Crippen LogP contribution in [0, 0.1) is 13.8 Å². The Morgan fingerprint density at radius 1 is 1.07 bits per heavy atom. The van der Waals surface area contributed by atoms with Crippen LogP contribution in [-0.4, -0.2) is 35.9 Å². The zero-order valence-electron chi connectivity index (χ0n) is 16.7. The molecule has 0 unspecified atom stereocenters. The maximum Gasteiger partial charge on any atom is 0.265 e. The highest BCUT2D eigenvalue weighted by Crippen LogP contribution is 2.22. The summed E-state index contributed by atoms with van der Waals surface area (Å²) in [6.07, 6.45) is -0.692. The summed E-state index contributed by atoms with van der Waals surface area (Å²) in [7, 11) is 0. The second-order valence-corrected chi connectivity index (χ2v) is 6.54. The molecule has 0 aliphatic rings. The lowest BCUT2D eigenvalue weighted by Crippen LogP contribution is -2.33. The van der Waals surface area contributed by atoms with Crippen LogP contribution in [0.2, 0.25) is 0 Å². The Balaban J connectivity index is 2.16. The van der Waals surface area contributed by atoms with Crippen molar-refractivity contribution in [2.24, 2.45) is 0 Å². The van der Waals surface area contributed by atoms with Gasteiger partial charge in [-0.05, 0) is 63.9 Å². The molecule has 1 atom stereocenters. The lowest BCUT2D eigenvalue weighted by atomic mass is 10.1. The standard InChI is InChI=1S/C22H28N2O3/c1-6-24(7-2)22(26)18-10-8-9-11-19(18)23-21(25)17(5)27-20-14-15(3)12-13-16(20)4/h8-14,17H,6-7H2,1-5H3,(H,23,25)/t17-/m0/s1. The molecule has 5 nitrogen and oxygen atoms in total. The third-order valence-electron chi connectivity index (χ3n) is 4.48. The Hall–Kier alpha value is -2.82. The first-order chi connectivity index (χ1) is 12.9. The van der Waals surface area contributed by atoms with E-state index >= 15 is 0 Å². The average Bonchev–Trinajstić information content (AvgIpc) is 2.66. The first-order valence-corrected chi connectivity index (χ1v) is 9.30. The van der Waals surface area contributed by atoms with Crippen LogP contribution in [0.15, 0.2) is 42.5 Å². The number of amides is 2. The van der Waals surface area contributed by atoms with Crippen LogP contribution in [0.4, 0.5) is 5.69 Å². The molecule has 2 aromatic rings. The molecular formula is C22H28N2O3. The second-order valence-electron chi connectivity index (χ2n) is 6.54. The molecule has 0 aliphatic heterocycles. The molecule has 0 heterocycles. The summed E-state index contributed by atoms with van der Waals surface area (Å²) in [4.78, 5) is 27.1. The van der Waals surface area contributed by atoms with Crippen molar-refractivity contribution in [3.63, 3.8) is 0 Å². The van der Waals surface area contributed by atoms with E-state index in [4.69, 9.17) is 4.74 Å². The smallest absolute Gasteiger partial charge is 0.265 e. The fraction of sp³-hybridized carbons (Fsp3) is 0.364. The second kappa shape index (κ2) is 9.21. The van der Waals surface area contributed by atoms with Gasteiger partial charge >= 0.3 is 0 Å². The van der Waals surface area contributed by atoms with Gasteiger partial charge in [-0.15, -0.1) is 0 Å². The number of hydrogen-bond donors (Lipinski definition) is 1. The monoisotopic (exact) mass is 368 g/mol. The average molecular weight is 368 g/mol. The highest BCUT2D eigenvalue weighted by Gasteiger charge is 2.21. The van der Waals surface area contributed by atoms with Gasteiger partial charge in [-0.3, -0.25) is 9.59 Å². The molecule has 0 saturated heterocycles. The molecule has 27 heavy (non-hydrogen) atoms. The summed E-state index contributed by atoms with van der Waals surface area (Å²) in [5.74, 6) is 0.292. The van der Waals surface area contributed by atoms with Gasteiger partial charge in [-0.1, -0.05) is 24.3 Å². The normalized spacial score (nSPS) is 11.6. The summed E-state index contributed by atoms with van der Waals surface area (Å²) >= 11 is 0. The van der Waals surface area contributed by atoms with Crippen molar-refractivity contribution >= 4 is 17.5 Å². The molecule has 0 aromatic heterocycles. The van der Waals surface area contributed by atoms with E-state index in [0.29, 0.717) is 30.1 Å². The Morgan fingerprint density at radius 3 is 2.41 bits per heavy atom. The number of anilines is 1. The predicted molar refractivity (Wildman–Crippen MR) is 108 cm³/mol. The van der Waals surface area contributed by atoms with E-state index in [9.17, 15) is 9.59 Å². The van der Waals surface area contributed by atoms with E-state index in [-0.39, 0.29) is 11.8 Å². The minimum absolute atomic E-state index is 0.0981. The van der Waals surface area contributed by atoms with Gasteiger partial charge in [-0.2, -0.15) is 0 Å². The van der Waals surface area contributed by atoms with E-state index in [1.807, 2.05) is 45.9 Å². The highest BCUT2D eigenvalue weighted by molar-refractivity contribution is 6.04. The number of carbonyl (C=O) groups excluding carboxylic acids is 2. The topological polar surface area (TPSA) is 58.6 Å². The first-order valence-electron chi connectivity index (χ1n) is 9.30. The molecule has 0 aliphatic carbocycles. The van der Waals surface area contributed by atoms with Gasteiger partial charge in [0.05, 0.1) is 11.3 Å². The number of carbonyl (C=O) groups is 2. The van der Waals surface area contributed by atoms with Crippen molar-refractivity contribution in [1.82, 2.24) is 4.90 Å². The van der Waals surface area contributed by atoms with Crippen LogP contribution in [0.1, 0.15) is 42.3 Å². The van der Waals surface area contributed by atoms with E-state index in [1.165, 1.54) is 0 Å². The zero-order chi connectivity index (χ0) is 20.0. The Morgan fingerprint density at radius 2 is 1.74 bits per heavy atom. The van der Waals surface area contributed by atoms with Crippen molar-refractivity contribution in [2.45, 2.75) is 40.7 Å². The minimum atomic E-state index is -0.692. The SMILES string of the molecule is CCN(CC)C(=O)c1ccccc1NC(=O)[C@H](C)Oc1cc(C)ccc1C. The van der Waals surface area contributed by atoms with Crippen LogP contribution >= 0.6 is 0 Å². The lowest BCUT2D eigenvalue weighted by molar-refractivity contribution is -0.122. The third-order valence-corrected chi connectivity index (χ3v) is 4.48. The minimum Gasteiger partial charge on any atom is -0.481 e. The van der Waals surface area contributed by atoms with E-state index < -0.39 is 6.10 Å². The molecule has 0 fully saturated rings. The molecule has 1 N–H and O–H groups in total. The Kier molecular flexibility index (Phi) is 6.99. The third kappa shape index (κ3) is 5.09. The van der Waals surface area contributed by atoms with Crippen molar-refractivity contribution in [3.8, 4) is 5.75 Å². The van der Waals surface area contributed by atoms with E-state index in [0.717, 1.165) is 11.1 Å². The van der Waals surface area contributed by atoms with Gasteiger partial charge in [0.15, 0.2) is 6.10 Å². The summed E-state index contributed by atoms with van der Waals surface area (Å²) in [5.41, 5.74) is 3.01. The molecule has 2 rings (SSSR count). The number of nitrogens with zero attached hydrogens (tertiary/aromatic N) is 1. The van der Waals surface area contributed by atoms with Gasteiger partial charge in [0, 0.05) is 13.1 Å². The van der Waals surface area contributed by atoms with Crippen molar-refractivity contribution < 1.29 is 14.3 Å². The summed E-state index contributed by atoms with van der Waals surface area (Å²) < 4.78 is 5.84. The fourth-order valence-corrected chi connectivity index (χ4v) is 2.77. The molecule has 144 valence electrons. The number of aryl methyl sites for hydroxylation is 2. The van der Waals surface area contributed by atoms with Crippen LogP contribution in [0.5, 0.6) is 5.75 Å². The number of nitrogens with one attached hydrogen (secondary N) is 1. The highest BCUT2D eigenvalue weighted by atomic mass is 16.5. The van der Waals surface area contributed by atoms with Gasteiger partial charge in [0.25, 0.3) is 11.8 Å². The van der Waals surface area contributed by atoms with Gasteiger partial charge < -0.3 is 15.0 Å². The van der Waals surface area contributed by atoms with Crippen LogP contribution in [0.3, 0.4) is 0 Å². The Bertz CT molecular complexity index is 813. The first kappa shape index (κ1) is 20.5. The summed E-state index contributed by atoms with van der Waals surface area (Å²) in [5, 5.41) is 2.84. The maximum atomic E-state index is 12.7. The van der Waals surface area contributed by atoms with Crippen LogP contribution in [0.25, 0.3) is 0 Å². The fourth-order valence-electron chi connectivity index (χ4n) is 2.77. The maximum absolute atomic E-state index is 12.7. The lowest BCUT2D eigenvalue weighted by Gasteiger charge is -2.21. The van der Waals surface area contributed by atoms with Crippen molar-refractivity contribution in [2.75, 3.05) is 18.4 Å². The molecule has 5 heteroatoms. The summed E-state index contributed by atoms with van der Waals surface area (Å²) in [6, 6.07) is 12.9. The van der Waals surface area contributed by atoms with Crippen LogP contribution in [-0.2, 0) is 4.79 Å². The van der Waals surface area contributed by atoms with Crippen LogP contribution < -0.4 is 10.1 Å². The molecule has 2 aromatic carbocycles. The van der Waals surface area contributed by atoms with Gasteiger partial charge in [-0.25, -0.2) is 0 Å². The van der Waals surface area contributed by atoms with Crippen molar-refractivity contribution in [3.05, 3.63) is 59.2 Å². The molecule has 0 saturated carbocycles. The molecule has 0 bridgehead atoms. The van der Waals surface area contributed by atoms with E-state index in [2.05, 4.69) is 5.32 Å². The quantitative estimate of drug-likeness (QED) is 0.797. The molecule has 2 amide bonds.